The van der Waals surface area contributed by atoms with Crippen LogP contribution in [0.1, 0.15) is 124 Å². The Bertz CT molecular complexity index is 3490. The Hall–Kier alpha value is -7.30. The third-order valence-electron chi connectivity index (χ3n) is 15.0. The van der Waals surface area contributed by atoms with E-state index in [1.165, 1.54) is 67.3 Å². The first-order valence-electron chi connectivity index (χ1n) is 25.3. The van der Waals surface area contributed by atoms with Gasteiger partial charge in [-0.05, 0) is 202 Å². The lowest BCUT2D eigenvalue weighted by atomic mass is 9.97. The zero-order valence-corrected chi connectivity index (χ0v) is 42.9. The lowest BCUT2D eigenvalue weighted by molar-refractivity contribution is 0.664. The fourth-order valence-corrected chi connectivity index (χ4v) is 10.5. The Balaban J connectivity index is 1.02. The van der Waals surface area contributed by atoms with Crippen LogP contribution in [0.2, 0.25) is 0 Å². The highest BCUT2D eigenvalue weighted by atomic mass is 16.3. The molecule has 0 amide bonds. The van der Waals surface area contributed by atoms with E-state index < -0.39 is 0 Å². The minimum Gasteiger partial charge on any atom is -0.456 e. The van der Waals surface area contributed by atoms with E-state index in [0.717, 1.165) is 76.8 Å². The summed E-state index contributed by atoms with van der Waals surface area (Å²) in [5, 5.41) is 8.86. The summed E-state index contributed by atoms with van der Waals surface area (Å²) in [4.78, 5) is 4.92. The Morgan fingerprint density at radius 2 is 0.571 bits per heavy atom. The van der Waals surface area contributed by atoms with E-state index in [1.54, 1.807) is 0 Å². The predicted molar refractivity (Wildman–Crippen MR) is 301 cm³/mol. The number of nitrogens with zero attached hydrogens (tertiary/aromatic N) is 2. The van der Waals surface area contributed by atoms with E-state index in [2.05, 4.69) is 238 Å². The fourth-order valence-electron chi connectivity index (χ4n) is 10.5. The Morgan fingerprint density at radius 1 is 0.286 bits per heavy atom. The second-order valence-corrected chi connectivity index (χ2v) is 21.3. The molecule has 0 radical (unpaired) electrons. The average Bonchev–Trinajstić information content (AvgIpc) is 3.86. The molecular weight excluding hydrogens is 853 g/mol. The van der Waals surface area contributed by atoms with Gasteiger partial charge in [0.2, 0.25) is 0 Å². The second kappa shape index (κ2) is 17.3. The third kappa shape index (κ3) is 7.79. The predicted octanol–water partition coefficient (Wildman–Crippen LogP) is 20.5. The minimum atomic E-state index is 0.415. The van der Waals surface area contributed by atoms with Crippen molar-refractivity contribution in [3.05, 3.63) is 190 Å². The number of fused-ring (bicyclic) bond motifs is 8. The summed E-state index contributed by atoms with van der Waals surface area (Å²) in [5.41, 5.74) is 20.8. The van der Waals surface area contributed by atoms with Crippen LogP contribution in [0, 0.1) is 27.7 Å². The molecule has 350 valence electrons. The molecular formula is C66H64N2O2. The van der Waals surface area contributed by atoms with Gasteiger partial charge in [-0.1, -0.05) is 116 Å². The van der Waals surface area contributed by atoms with Gasteiger partial charge in [0.1, 0.15) is 22.3 Å². The quantitative estimate of drug-likeness (QED) is 0.137. The van der Waals surface area contributed by atoms with Crippen molar-refractivity contribution >= 4 is 99.5 Å². The number of furan rings is 2. The first-order chi connectivity index (χ1) is 33.6. The van der Waals surface area contributed by atoms with E-state index in [-0.39, 0.29) is 0 Å². The molecule has 70 heavy (non-hydrogen) atoms. The van der Waals surface area contributed by atoms with Crippen molar-refractivity contribution in [3.8, 4) is 0 Å². The van der Waals surface area contributed by atoms with Crippen LogP contribution in [0.15, 0.2) is 154 Å². The average molecular weight is 917 g/mol. The number of hydrogen-bond acceptors (Lipinski definition) is 4. The maximum atomic E-state index is 6.80. The molecule has 0 saturated carbocycles. The molecule has 4 heteroatoms. The molecule has 0 spiro atoms. The smallest absolute Gasteiger partial charge is 0.136 e. The first kappa shape index (κ1) is 45.2. The summed E-state index contributed by atoms with van der Waals surface area (Å²) in [6.07, 6.45) is 0. The van der Waals surface area contributed by atoms with Crippen LogP contribution >= 0.6 is 0 Å². The molecule has 0 aliphatic heterocycles. The van der Waals surface area contributed by atoms with Crippen LogP contribution in [0.3, 0.4) is 0 Å². The highest BCUT2D eigenvalue weighted by Gasteiger charge is 2.23. The van der Waals surface area contributed by atoms with Crippen molar-refractivity contribution in [3.63, 3.8) is 0 Å². The maximum absolute atomic E-state index is 6.80. The Labute approximate surface area is 413 Å². The highest BCUT2D eigenvalue weighted by molar-refractivity contribution is 6.18. The molecule has 0 atom stereocenters. The molecule has 11 rings (SSSR count). The number of aryl methyl sites for hydroxylation is 4. The minimum absolute atomic E-state index is 0.415. The Morgan fingerprint density at radius 3 is 0.871 bits per heavy atom. The van der Waals surface area contributed by atoms with Gasteiger partial charge in [0.05, 0.1) is 0 Å². The fraction of sp³-hybridized carbons (Fsp3) is 0.242. The van der Waals surface area contributed by atoms with Gasteiger partial charge in [-0.15, -0.1) is 0 Å². The molecule has 2 aromatic heterocycles. The largest absolute Gasteiger partial charge is 0.456 e. The molecule has 11 aromatic rings. The number of benzene rings is 9. The second-order valence-electron chi connectivity index (χ2n) is 21.3. The van der Waals surface area contributed by atoms with Gasteiger partial charge in [0.15, 0.2) is 0 Å². The molecule has 0 N–H and O–H groups in total. The van der Waals surface area contributed by atoms with E-state index >= 15 is 0 Å². The summed E-state index contributed by atoms with van der Waals surface area (Å²) in [7, 11) is 0. The number of rotatable bonds is 10. The van der Waals surface area contributed by atoms with E-state index in [1.807, 2.05) is 0 Å². The van der Waals surface area contributed by atoms with Crippen LogP contribution in [-0.2, 0) is 0 Å². The van der Waals surface area contributed by atoms with Crippen molar-refractivity contribution < 1.29 is 8.83 Å². The van der Waals surface area contributed by atoms with Gasteiger partial charge in [-0.2, -0.15) is 0 Å². The molecule has 0 aliphatic carbocycles. The summed E-state index contributed by atoms with van der Waals surface area (Å²) in [6, 6.07) is 54.8. The van der Waals surface area contributed by atoms with Gasteiger partial charge in [0.25, 0.3) is 0 Å². The molecule has 0 saturated heterocycles. The molecule has 4 nitrogen and oxygen atoms in total. The van der Waals surface area contributed by atoms with Gasteiger partial charge in [-0.3, -0.25) is 0 Å². The third-order valence-corrected chi connectivity index (χ3v) is 15.0. The molecule has 0 unspecified atom stereocenters. The molecule has 0 bridgehead atoms. The lowest BCUT2D eigenvalue weighted by Crippen LogP contribution is -2.14. The lowest BCUT2D eigenvalue weighted by Gasteiger charge is -2.30. The summed E-state index contributed by atoms with van der Waals surface area (Å²) in [5.74, 6) is 1.66. The highest BCUT2D eigenvalue weighted by Crippen LogP contribution is 2.46. The van der Waals surface area contributed by atoms with E-state index in [0.29, 0.717) is 23.7 Å². The summed E-state index contributed by atoms with van der Waals surface area (Å²) >= 11 is 0. The topological polar surface area (TPSA) is 32.8 Å². The molecule has 0 aliphatic rings. The van der Waals surface area contributed by atoms with Gasteiger partial charge in [0, 0.05) is 55.7 Å². The van der Waals surface area contributed by atoms with E-state index in [4.69, 9.17) is 8.83 Å². The van der Waals surface area contributed by atoms with Crippen LogP contribution in [0.25, 0.3) is 65.4 Å². The SMILES string of the molecule is Cc1ccc(C(C)C)cc1N(c1ccc2cc3c(cc2c1)oc1cc2c(cc13)oc1cc3cc(N(c4cc(C(C)C)ccc4C)c4cc(C(C)C)ccc4C)ccc3cc12)c1cc(C(C)C)ccc1C. The summed E-state index contributed by atoms with van der Waals surface area (Å²) in [6.45, 7) is 27.1. The van der Waals surface area contributed by atoms with Crippen molar-refractivity contribution in [2.24, 2.45) is 0 Å². The van der Waals surface area contributed by atoms with Gasteiger partial charge >= 0.3 is 0 Å². The van der Waals surface area contributed by atoms with Gasteiger partial charge < -0.3 is 18.6 Å². The molecule has 0 fully saturated rings. The molecule has 9 aromatic carbocycles. The van der Waals surface area contributed by atoms with E-state index in [9.17, 15) is 0 Å². The van der Waals surface area contributed by atoms with Crippen molar-refractivity contribution in [2.75, 3.05) is 9.80 Å². The zero-order valence-electron chi connectivity index (χ0n) is 42.9. The van der Waals surface area contributed by atoms with Gasteiger partial charge in [-0.25, -0.2) is 0 Å². The van der Waals surface area contributed by atoms with Crippen LogP contribution in [-0.4, -0.2) is 0 Å². The number of hydrogen-bond donors (Lipinski definition) is 0. The zero-order chi connectivity index (χ0) is 48.9. The van der Waals surface area contributed by atoms with Crippen molar-refractivity contribution in [2.45, 2.75) is 107 Å². The molecule has 2 heterocycles. The van der Waals surface area contributed by atoms with Crippen LogP contribution in [0.4, 0.5) is 34.1 Å². The normalized spacial score (nSPS) is 12.2. The standard InChI is InChI=1S/C66H64N2O2/c1-37(2)45-17-13-41(9)59(29-45)67(60-30-46(38(3)4)18-14-42(60)10)53-23-21-49-27-55-57-35-66-58(36-65(57)69-63(55)33-51(49)25-53)56-28-50-22-24-54(26-52(50)34-64(56)70-66)68(61-31-47(39(5)6)19-15-43(61)11)62-32-48(40(7)8)20-16-44(62)12/h13-40H,1-12H3. The maximum Gasteiger partial charge on any atom is 0.136 e. The Kier molecular flexibility index (Phi) is 11.1. The van der Waals surface area contributed by atoms with Crippen molar-refractivity contribution in [1.82, 2.24) is 0 Å². The number of anilines is 6. The van der Waals surface area contributed by atoms with Crippen molar-refractivity contribution in [1.29, 1.82) is 0 Å². The van der Waals surface area contributed by atoms with Crippen LogP contribution in [0.5, 0.6) is 0 Å². The monoisotopic (exact) mass is 916 g/mol. The van der Waals surface area contributed by atoms with Crippen LogP contribution < -0.4 is 9.80 Å². The first-order valence-corrected chi connectivity index (χ1v) is 25.3. The summed E-state index contributed by atoms with van der Waals surface area (Å²) < 4.78 is 13.6.